The van der Waals surface area contributed by atoms with Crippen molar-refractivity contribution < 1.29 is 0 Å². The van der Waals surface area contributed by atoms with E-state index in [-0.39, 0.29) is 33.8 Å². The molecule has 0 saturated heterocycles. The second-order valence-electron chi connectivity index (χ2n) is 27.1. The number of nitrogens with zero attached hydrogens (tertiary/aromatic N) is 2. The van der Waals surface area contributed by atoms with Gasteiger partial charge in [-0.2, -0.15) is 0 Å². The number of rotatable bonds is 9. The molecule has 7 aromatic rings. The van der Waals surface area contributed by atoms with E-state index in [2.05, 4.69) is 234 Å². The SMILES string of the molecule is CCCCC(C)(C)c1cc2sc3c(c2cc1CC)N(c1ccc([Si](C)(C)C)cc1)c1cc(C)cc2c1B3c1cc3c(cc1N2c1cc2c(cc1-c1ccccc1)C(C)(C)CCC2(C)C)C(C)(C)CCC3(C)C. The summed E-state index contributed by atoms with van der Waals surface area (Å²) in [5, 5.41) is 2.90. The van der Waals surface area contributed by atoms with E-state index in [1.54, 1.807) is 0 Å². The summed E-state index contributed by atoms with van der Waals surface area (Å²) < 4.78 is 2.90. The van der Waals surface area contributed by atoms with E-state index in [0.717, 1.165) is 6.42 Å². The first-order valence-corrected chi connectivity index (χ1v) is 32.1. The van der Waals surface area contributed by atoms with E-state index in [0.29, 0.717) is 0 Å². The molecule has 2 nitrogen and oxygen atoms in total. The normalized spacial score (nSPS) is 18.1. The third-order valence-electron chi connectivity index (χ3n) is 18.6. The molecule has 0 N–H and O–H groups in total. The molecule has 0 amide bonds. The number of thiophene rings is 1. The van der Waals surface area contributed by atoms with Gasteiger partial charge in [0.25, 0.3) is 6.71 Å². The zero-order valence-electron chi connectivity index (χ0n) is 46.9. The average molecular weight is 985 g/mol. The van der Waals surface area contributed by atoms with Crippen LogP contribution in [0.3, 0.4) is 0 Å². The summed E-state index contributed by atoms with van der Waals surface area (Å²) in [5.41, 5.74) is 24.1. The third kappa shape index (κ3) is 7.74. The fraction of sp³-hybridized carbons (Fsp3) is 0.433. The lowest BCUT2D eigenvalue weighted by atomic mass is 9.35. The molecule has 5 heteroatoms. The molecule has 0 fully saturated rings. The molecule has 3 heterocycles. The van der Waals surface area contributed by atoms with E-state index in [1.165, 1.54) is 160 Å². The summed E-state index contributed by atoms with van der Waals surface area (Å²) in [5.74, 6) is 0. The van der Waals surface area contributed by atoms with Crippen LogP contribution in [-0.2, 0) is 33.5 Å². The summed E-state index contributed by atoms with van der Waals surface area (Å²) in [6, 6.07) is 42.3. The maximum Gasteiger partial charge on any atom is 0.264 e. The van der Waals surface area contributed by atoms with Crippen LogP contribution in [0.5, 0.6) is 0 Å². The summed E-state index contributed by atoms with van der Waals surface area (Å²) in [4.78, 5) is 5.50. The van der Waals surface area contributed by atoms with Crippen molar-refractivity contribution in [2.45, 2.75) is 188 Å². The monoisotopic (exact) mass is 985 g/mol. The number of aryl methyl sites for hydroxylation is 2. The number of anilines is 6. The molecule has 2 aliphatic heterocycles. The van der Waals surface area contributed by atoms with Crippen LogP contribution in [-0.4, -0.2) is 14.8 Å². The molecule has 1 aromatic heterocycles. The Labute approximate surface area is 439 Å². The molecular formula is C67H81BN2SSi. The Kier molecular flexibility index (Phi) is 11.5. The van der Waals surface area contributed by atoms with Crippen molar-refractivity contribution in [3.63, 3.8) is 0 Å². The first-order chi connectivity index (χ1) is 33.9. The lowest BCUT2D eigenvalue weighted by Gasteiger charge is -2.48. The predicted molar refractivity (Wildman–Crippen MR) is 322 cm³/mol. The van der Waals surface area contributed by atoms with Crippen LogP contribution in [0.4, 0.5) is 34.1 Å². The third-order valence-corrected chi connectivity index (χ3v) is 21.8. The first kappa shape index (κ1) is 49.4. The maximum atomic E-state index is 2.78. The Hall–Kier alpha value is -4.84. The standard InChI is InChI=1S/C67H81BN2SSi/c1-17-19-29-63(4,5)49-41-59-48(36-43(49)18-2)61-62(71-59)68-54-38-51-53(67(12,13)33-31-65(51,8)9)40-56(54)70(58-35-42(3)34-57(60(58)68)69(61)45-25-27-46(28-26-45)72(14,15)16)55-39-52-50(64(6,7)30-32-66(52,10)11)37-47(55)44-23-21-20-22-24-44/h20-28,34-41H,17-19,29-33H2,1-16H3. The van der Waals surface area contributed by atoms with Crippen LogP contribution in [0.25, 0.3) is 21.2 Å². The largest absolute Gasteiger partial charge is 0.311 e. The van der Waals surface area contributed by atoms with Crippen LogP contribution in [0.1, 0.15) is 167 Å². The number of hydrogen-bond donors (Lipinski definition) is 0. The highest BCUT2D eigenvalue weighted by Crippen LogP contribution is 2.56. The summed E-state index contributed by atoms with van der Waals surface area (Å²) in [6.07, 6.45) is 9.39. The fourth-order valence-corrected chi connectivity index (χ4v) is 16.2. The first-order valence-electron chi connectivity index (χ1n) is 27.8. The molecule has 372 valence electrons. The molecule has 0 radical (unpaired) electrons. The average Bonchev–Trinajstić information content (AvgIpc) is 3.70. The summed E-state index contributed by atoms with van der Waals surface area (Å²) in [6.45, 7) is 39.6. The second-order valence-corrected chi connectivity index (χ2v) is 33.2. The topological polar surface area (TPSA) is 6.48 Å². The van der Waals surface area contributed by atoms with Crippen molar-refractivity contribution in [2.24, 2.45) is 0 Å². The van der Waals surface area contributed by atoms with Gasteiger partial charge in [-0.25, -0.2) is 0 Å². The minimum atomic E-state index is -1.56. The predicted octanol–water partition coefficient (Wildman–Crippen LogP) is 17.2. The van der Waals surface area contributed by atoms with Gasteiger partial charge in [0, 0.05) is 43.2 Å². The number of benzene rings is 6. The highest BCUT2D eigenvalue weighted by atomic mass is 32.1. The molecule has 0 saturated carbocycles. The molecule has 6 aromatic carbocycles. The van der Waals surface area contributed by atoms with Gasteiger partial charge in [0.05, 0.1) is 19.4 Å². The second kappa shape index (κ2) is 16.8. The fourth-order valence-electron chi connectivity index (χ4n) is 13.7. The number of hydrogen-bond acceptors (Lipinski definition) is 3. The zero-order valence-corrected chi connectivity index (χ0v) is 48.7. The van der Waals surface area contributed by atoms with E-state index >= 15 is 0 Å². The van der Waals surface area contributed by atoms with E-state index < -0.39 is 8.07 Å². The zero-order chi connectivity index (χ0) is 51.2. The molecule has 0 unspecified atom stereocenters. The van der Waals surface area contributed by atoms with Crippen LogP contribution in [0.15, 0.2) is 103 Å². The van der Waals surface area contributed by atoms with Crippen molar-refractivity contribution in [2.75, 3.05) is 9.80 Å². The highest BCUT2D eigenvalue weighted by molar-refractivity contribution is 7.33. The summed E-state index contributed by atoms with van der Waals surface area (Å²) >= 11 is 2.08. The minimum Gasteiger partial charge on any atom is -0.311 e. The van der Waals surface area contributed by atoms with Gasteiger partial charge in [0.1, 0.15) is 0 Å². The summed E-state index contributed by atoms with van der Waals surface area (Å²) in [7, 11) is -1.56. The molecule has 0 atom stereocenters. The Balaban J connectivity index is 1.29. The lowest BCUT2D eigenvalue weighted by Crippen LogP contribution is -2.61. The van der Waals surface area contributed by atoms with Crippen molar-refractivity contribution in [1.82, 2.24) is 0 Å². The molecule has 72 heavy (non-hydrogen) atoms. The van der Waals surface area contributed by atoms with Gasteiger partial charge in [-0.3, -0.25) is 0 Å². The van der Waals surface area contributed by atoms with E-state index in [1.807, 2.05) is 0 Å². The Morgan fingerprint density at radius 1 is 0.625 bits per heavy atom. The molecule has 4 aliphatic rings. The molecule has 0 spiro atoms. The van der Waals surface area contributed by atoms with Crippen LogP contribution < -0.4 is 30.7 Å². The molecule has 0 bridgehead atoms. The van der Waals surface area contributed by atoms with Gasteiger partial charge in [0.2, 0.25) is 0 Å². The minimum absolute atomic E-state index is 0.0377. The quantitative estimate of drug-likeness (QED) is 0.133. The van der Waals surface area contributed by atoms with Gasteiger partial charge in [-0.05, 0) is 183 Å². The molecule has 2 aliphatic carbocycles. The van der Waals surface area contributed by atoms with Gasteiger partial charge in [-0.1, -0.05) is 169 Å². The van der Waals surface area contributed by atoms with E-state index in [9.17, 15) is 0 Å². The van der Waals surface area contributed by atoms with Crippen molar-refractivity contribution in [3.8, 4) is 11.1 Å². The van der Waals surface area contributed by atoms with Gasteiger partial charge < -0.3 is 9.80 Å². The van der Waals surface area contributed by atoms with E-state index in [4.69, 9.17) is 0 Å². The van der Waals surface area contributed by atoms with Crippen LogP contribution >= 0.6 is 11.3 Å². The number of unbranched alkanes of at least 4 members (excludes halogenated alkanes) is 1. The number of fused-ring (bicyclic) bond motifs is 8. The molecule has 11 rings (SSSR count). The van der Waals surface area contributed by atoms with Crippen molar-refractivity contribution in [3.05, 3.63) is 142 Å². The van der Waals surface area contributed by atoms with Crippen LogP contribution in [0, 0.1) is 6.92 Å². The Morgan fingerprint density at radius 3 is 1.75 bits per heavy atom. The van der Waals surface area contributed by atoms with Gasteiger partial charge in [0.15, 0.2) is 0 Å². The maximum absolute atomic E-state index is 2.78. The lowest BCUT2D eigenvalue weighted by molar-refractivity contribution is 0.332. The van der Waals surface area contributed by atoms with Gasteiger partial charge in [-0.15, -0.1) is 11.3 Å². The van der Waals surface area contributed by atoms with Crippen LogP contribution in [0.2, 0.25) is 19.6 Å². The highest BCUT2D eigenvalue weighted by Gasteiger charge is 2.49. The Bertz CT molecular complexity index is 3310. The van der Waals surface area contributed by atoms with Crippen molar-refractivity contribution >= 4 is 91.2 Å². The Morgan fingerprint density at radius 2 is 1.18 bits per heavy atom. The van der Waals surface area contributed by atoms with Crippen molar-refractivity contribution in [1.29, 1.82) is 0 Å². The van der Waals surface area contributed by atoms with Gasteiger partial charge >= 0.3 is 0 Å². The smallest absolute Gasteiger partial charge is 0.264 e. The molecular weight excluding hydrogens is 904 g/mol.